The molecule has 10 heavy (non-hydrogen) atoms. The van der Waals surface area contributed by atoms with Crippen LogP contribution in [0, 0.1) is 18.8 Å². The van der Waals surface area contributed by atoms with E-state index in [4.69, 9.17) is 0 Å². The van der Waals surface area contributed by atoms with Crippen LogP contribution in [-0.2, 0) is 0 Å². The van der Waals surface area contributed by atoms with Crippen molar-refractivity contribution in [1.29, 1.82) is 0 Å². The Bertz CT molecular complexity index is 90.2. The molecule has 0 aromatic rings. The van der Waals surface area contributed by atoms with Crippen molar-refractivity contribution in [3.63, 3.8) is 0 Å². The minimum absolute atomic E-state index is 0.535. The summed E-state index contributed by atoms with van der Waals surface area (Å²) in [7, 11) is 0. The predicted octanol–water partition coefficient (Wildman–Crippen LogP) is 3.45. The van der Waals surface area contributed by atoms with Crippen LogP contribution in [0.25, 0.3) is 0 Å². The van der Waals surface area contributed by atoms with E-state index in [9.17, 15) is 0 Å². The van der Waals surface area contributed by atoms with Gasteiger partial charge in [0, 0.05) is 0 Å². The highest BCUT2D eigenvalue weighted by Gasteiger charge is 2.00. The molecule has 0 aromatic heterocycles. The molecule has 0 amide bonds. The van der Waals surface area contributed by atoms with Crippen molar-refractivity contribution in [1.82, 2.24) is 0 Å². The van der Waals surface area contributed by atoms with Gasteiger partial charge < -0.3 is 0 Å². The van der Waals surface area contributed by atoms with E-state index in [0.717, 1.165) is 0 Å². The molecule has 0 heterocycles. The van der Waals surface area contributed by atoms with Crippen LogP contribution in [0.4, 0.5) is 0 Å². The zero-order valence-corrected chi connectivity index (χ0v) is 7.43. The van der Waals surface area contributed by atoms with Crippen molar-refractivity contribution in [2.75, 3.05) is 0 Å². The van der Waals surface area contributed by atoms with Gasteiger partial charge in [0.25, 0.3) is 0 Å². The molecule has 0 saturated carbocycles. The van der Waals surface area contributed by atoms with Crippen LogP contribution in [0.1, 0.15) is 33.6 Å². The lowest BCUT2D eigenvalue weighted by molar-refractivity contribution is 0.553. The lowest BCUT2D eigenvalue weighted by Gasteiger charge is -2.08. The predicted molar refractivity (Wildman–Crippen MR) is 47.7 cm³/mol. The Balaban J connectivity index is 3.45. The van der Waals surface area contributed by atoms with Gasteiger partial charge in [-0.2, -0.15) is 0 Å². The Morgan fingerprint density at radius 3 is 2.40 bits per heavy atom. The fourth-order valence-electron chi connectivity index (χ4n) is 0.667. The van der Waals surface area contributed by atoms with Crippen molar-refractivity contribution in [3.8, 4) is 0 Å². The van der Waals surface area contributed by atoms with Gasteiger partial charge in [-0.05, 0) is 25.2 Å². The average molecular weight is 139 g/mol. The number of hydrogen-bond acceptors (Lipinski definition) is 0. The molecular weight excluding hydrogens is 120 g/mol. The maximum atomic E-state index is 3.97. The van der Waals surface area contributed by atoms with E-state index in [-0.39, 0.29) is 0 Å². The summed E-state index contributed by atoms with van der Waals surface area (Å²) >= 11 is 0. The van der Waals surface area contributed by atoms with Gasteiger partial charge in [-0.1, -0.05) is 39.3 Å². The van der Waals surface area contributed by atoms with Gasteiger partial charge in [0.1, 0.15) is 0 Å². The Morgan fingerprint density at radius 1 is 1.40 bits per heavy atom. The summed E-state index contributed by atoms with van der Waals surface area (Å²) in [5, 5.41) is 0. The largest absolute Gasteiger partial charge is 0.0883 e. The summed E-state index contributed by atoms with van der Waals surface area (Å²) in [4.78, 5) is 0. The van der Waals surface area contributed by atoms with Gasteiger partial charge in [0.15, 0.2) is 0 Å². The van der Waals surface area contributed by atoms with Crippen LogP contribution < -0.4 is 0 Å². The summed E-state index contributed by atoms with van der Waals surface area (Å²) in [5.74, 6) is 1.17. The number of unbranched alkanes of at least 4 members (excludes halogenated alkanes) is 1. The average Bonchev–Trinajstić information content (AvgIpc) is 1.88. The molecule has 0 N–H and O–H groups in total. The van der Waals surface area contributed by atoms with Gasteiger partial charge in [0.2, 0.25) is 0 Å². The zero-order valence-electron chi connectivity index (χ0n) is 7.43. The second-order valence-corrected chi connectivity index (χ2v) is 3.05. The van der Waals surface area contributed by atoms with Gasteiger partial charge >= 0.3 is 0 Å². The second-order valence-electron chi connectivity index (χ2n) is 3.05. The standard InChI is InChI=1S/C10H19/c1-5-6-7-8-10(4)9(2)3/h7-10H,2,5-6H2,1,3-4H3. The fourth-order valence-corrected chi connectivity index (χ4v) is 0.667. The first kappa shape index (κ1) is 9.74. The van der Waals surface area contributed by atoms with Crippen molar-refractivity contribution in [2.45, 2.75) is 33.6 Å². The summed E-state index contributed by atoms with van der Waals surface area (Å²) in [6, 6.07) is 0. The molecule has 0 saturated heterocycles. The monoisotopic (exact) mass is 139 g/mol. The van der Waals surface area contributed by atoms with E-state index in [2.05, 4.69) is 39.8 Å². The van der Waals surface area contributed by atoms with Crippen LogP contribution in [0.2, 0.25) is 0 Å². The Kier molecular flexibility index (Phi) is 5.38. The Labute approximate surface area is 65.3 Å². The molecular formula is C10H19. The highest BCUT2D eigenvalue weighted by Crippen LogP contribution is 2.10. The maximum Gasteiger partial charge on any atom is -0.0236 e. The van der Waals surface area contributed by atoms with E-state index in [0.29, 0.717) is 11.8 Å². The SMILES string of the molecule is [CH2]C(C)C(C)C=CCCC. The van der Waals surface area contributed by atoms with Crippen LogP contribution in [0.3, 0.4) is 0 Å². The molecule has 0 bridgehead atoms. The minimum atomic E-state index is 0.535. The van der Waals surface area contributed by atoms with E-state index < -0.39 is 0 Å². The molecule has 0 heteroatoms. The smallest absolute Gasteiger partial charge is 0.0236 e. The van der Waals surface area contributed by atoms with Crippen LogP contribution in [0.15, 0.2) is 12.2 Å². The molecule has 0 aliphatic carbocycles. The second kappa shape index (κ2) is 5.52. The third-order valence-electron chi connectivity index (χ3n) is 1.79. The normalized spacial score (nSPS) is 14.9. The summed E-state index contributed by atoms with van der Waals surface area (Å²) in [6.07, 6.45) is 6.97. The van der Waals surface area contributed by atoms with Gasteiger partial charge in [-0.15, -0.1) is 0 Å². The minimum Gasteiger partial charge on any atom is -0.0883 e. The lowest BCUT2D eigenvalue weighted by atomic mass is 9.97. The fraction of sp³-hybridized carbons (Fsp3) is 0.700. The van der Waals surface area contributed by atoms with Crippen molar-refractivity contribution < 1.29 is 0 Å². The molecule has 0 aromatic carbocycles. The summed E-state index contributed by atoms with van der Waals surface area (Å²) in [5.41, 5.74) is 0. The van der Waals surface area contributed by atoms with Gasteiger partial charge in [-0.25, -0.2) is 0 Å². The quantitative estimate of drug-likeness (QED) is 0.523. The highest BCUT2D eigenvalue weighted by molar-refractivity contribution is 4.88. The number of allylic oxidation sites excluding steroid dienone is 2. The Hall–Kier alpha value is -0.260. The molecule has 0 nitrogen and oxygen atoms in total. The van der Waals surface area contributed by atoms with Crippen LogP contribution >= 0.6 is 0 Å². The molecule has 59 valence electrons. The molecule has 0 rings (SSSR count). The number of rotatable bonds is 4. The van der Waals surface area contributed by atoms with Gasteiger partial charge in [-0.3, -0.25) is 0 Å². The first-order chi connectivity index (χ1) is 4.68. The first-order valence-corrected chi connectivity index (χ1v) is 4.18. The highest BCUT2D eigenvalue weighted by atomic mass is 14.1. The molecule has 1 radical (unpaired) electrons. The van der Waals surface area contributed by atoms with E-state index in [1.165, 1.54) is 12.8 Å². The maximum absolute atomic E-state index is 3.97. The number of hydrogen-bond donors (Lipinski definition) is 0. The van der Waals surface area contributed by atoms with Crippen LogP contribution in [-0.4, -0.2) is 0 Å². The molecule has 0 spiro atoms. The molecule has 0 aliphatic rings. The van der Waals surface area contributed by atoms with E-state index in [1.54, 1.807) is 0 Å². The van der Waals surface area contributed by atoms with Crippen molar-refractivity contribution >= 4 is 0 Å². The molecule has 2 atom stereocenters. The topological polar surface area (TPSA) is 0 Å². The van der Waals surface area contributed by atoms with Crippen molar-refractivity contribution in [3.05, 3.63) is 19.1 Å². The Morgan fingerprint density at radius 2 is 2.00 bits per heavy atom. The van der Waals surface area contributed by atoms with E-state index in [1.807, 2.05) is 0 Å². The van der Waals surface area contributed by atoms with Gasteiger partial charge in [0.05, 0.1) is 0 Å². The van der Waals surface area contributed by atoms with Crippen LogP contribution in [0.5, 0.6) is 0 Å². The lowest BCUT2D eigenvalue weighted by Crippen LogP contribution is -1.99. The van der Waals surface area contributed by atoms with Crippen molar-refractivity contribution in [2.24, 2.45) is 11.8 Å². The first-order valence-electron chi connectivity index (χ1n) is 4.18. The molecule has 2 unspecified atom stereocenters. The third-order valence-corrected chi connectivity index (χ3v) is 1.79. The molecule has 0 aliphatic heterocycles. The summed E-state index contributed by atoms with van der Waals surface area (Å²) in [6.45, 7) is 10.5. The zero-order chi connectivity index (χ0) is 7.98. The third kappa shape index (κ3) is 4.60. The summed E-state index contributed by atoms with van der Waals surface area (Å²) < 4.78 is 0. The van der Waals surface area contributed by atoms with E-state index >= 15 is 0 Å². The molecule has 0 fully saturated rings.